The molecule has 0 bridgehead atoms. The molecule has 0 amide bonds. The zero-order valence-corrected chi connectivity index (χ0v) is 35.0. The lowest BCUT2D eigenvalue weighted by Gasteiger charge is -2.46. The third-order valence-electron chi connectivity index (χ3n) is 9.36. The van der Waals surface area contributed by atoms with Crippen LogP contribution in [0.15, 0.2) is 76.1 Å². The van der Waals surface area contributed by atoms with Crippen LogP contribution in [0, 0.1) is 11.7 Å². The predicted octanol–water partition coefficient (Wildman–Crippen LogP) is 7.89. The molecule has 1 aromatic carbocycles. The fourth-order valence-corrected chi connectivity index (χ4v) is 6.39. The van der Waals surface area contributed by atoms with Gasteiger partial charge >= 0.3 is 0 Å². The Morgan fingerprint density at radius 3 is 2.13 bits per heavy atom. The van der Waals surface area contributed by atoms with Crippen LogP contribution in [-0.2, 0) is 9.59 Å². The minimum absolute atomic E-state index is 0.143. The second-order valence-corrected chi connectivity index (χ2v) is 14.0. The monoisotopic (exact) mass is 739 g/mol. The van der Waals surface area contributed by atoms with Gasteiger partial charge in [-0.25, -0.2) is 9.38 Å². The van der Waals surface area contributed by atoms with E-state index in [1.807, 2.05) is 58.6 Å². The zero-order valence-electron chi connectivity index (χ0n) is 35.0. The van der Waals surface area contributed by atoms with Crippen molar-refractivity contribution in [2.45, 2.75) is 113 Å². The highest BCUT2D eigenvalue weighted by Gasteiger charge is 2.37. The molecule has 3 rings (SSSR count). The SMILES string of the molecule is C=C(\N=C(C(/C=C/CCC(O)C/C(=C\C)N1CCN=C1C1CN(C(C)C)CCN1C(C)C)=C(\C)c1ccc(F)cc1)\C(C)C)N(C)C.C=O.C=O.CC. The smallest absolute Gasteiger partial charge is 0.123 e. The number of carbonyl (C=O) groups excluding carboxylic acids is 2. The predicted molar refractivity (Wildman–Crippen MR) is 224 cm³/mol. The Morgan fingerprint density at radius 2 is 1.62 bits per heavy atom. The molecule has 1 N–H and O–H groups in total. The standard InChI is InChI=1S/C39H61FN6O.C2H6.2CH2O/c1-12-34(46-22-21-41-39(46)37-26-44(28(4)5)23-24-45(37)29(6)7)25-35(47)15-13-14-16-36(30(8)32-17-19-33(40)20-18-32)38(27(2)3)42-31(9)43(10)11;3*1-2/h12,14,16-20,27-29,35,37,47H,9,13,15,21-26H2,1-8,10-11H3;1-2H3;2*1H2/b16-14+,34-12+,36-30+,42-38-;;;. The molecule has 1 fully saturated rings. The van der Waals surface area contributed by atoms with Gasteiger partial charge in [0.05, 0.1) is 24.4 Å². The number of aliphatic hydroxyl groups is 1. The highest BCUT2D eigenvalue weighted by molar-refractivity contribution is 6.09. The summed E-state index contributed by atoms with van der Waals surface area (Å²) in [5.41, 5.74) is 5.03. The van der Waals surface area contributed by atoms with Crippen LogP contribution in [0.4, 0.5) is 4.39 Å². The van der Waals surface area contributed by atoms with E-state index in [1.54, 1.807) is 0 Å². The van der Waals surface area contributed by atoms with Crippen molar-refractivity contribution in [3.05, 3.63) is 77.5 Å². The topological polar surface area (TPSA) is 92.1 Å². The first-order valence-electron chi connectivity index (χ1n) is 19.1. The molecule has 2 atom stereocenters. The van der Waals surface area contributed by atoms with Gasteiger partial charge in [0.1, 0.15) is 31.1 Å². The highest BCUT2D eigenvalue weighted by Crippen LogP contribution is 2.27. The quantitative estimate of drug-likeness (QED) is 0.145. The Kier molecular flexibility index (Phi) is 24.3. The fraction of sp³-hybridized carbons (Fsp3) is 0.581. The number of hydrogen-bond acceptors (Lipinski definition) is 9. The average Bonchev–Trinajstić information content (AvgIpc) is 3.65. The van der Waals surface area contributed by atoms with Gasteiger partial charge in [-0.1, -0.05) is 64.6 Å². The Bertz CT molecular complexity index is 1380. The first-order valence-corrected chi connectivity index (χ1v) is 19.1. The van der Waals surface area contributed by atoms with Crippen LogP contribution < -0.4 is 0 Å². The maximum atomic E-state index is 13.7. The second kappa shape index (κ2) is 26.1. The number of benzene rings is 1. The largest absolute Gasteiger partial charge is 0.393 e. The molecular formula is C43H71FN6O3. The molecule has 2 aliphatic heterocycles. The number of carbonyl (C=O) groups is 2. The maximum absolute atomic E-state index is 13.7. The normalized spacial score (nSPS) is 18.1. The molecule has 9 nitrogen and oxygen atoms in total. The third-order valence-corrected chi connectivity index (χ3v) is 9.36. The molecule has 10 heteroatoms. The molecule has 0 saturated carbocycles. The van der Waals surface area contributed by atoms with Crippen LogP contribution in [0.25, 0.3) is 5.57 Å². The number of halogens is 1. The molecule has 1 saturated heterocycles. The average molecular weight is 739 g/mol. The van der Waals surface area contributed by atoms with E-state index >= 15 is 0 Å². The minimum atomic E-state index is -0.482. The van der Waals surface area contributed by atoms with Crippen molar-refractivity contribution in [1.29, 1.82) is 0 Å². The van der Waals surface area contributed by atoms with Gasteiger partial charge in [0.25, 0.3) is 0 Å². The van der Waals surface area contributed by atoms with Crippen molar-refractivity contribution in [2.24, 2.45) is 15.9 Å². The van der Waals surface area contributed by atoms with E-state index in [0.29, 0.717) is 37.2 Å². The van der Waals surface area contributed by atoms with E-state index in [1.165, 1.54) is 12.1 Å². The Morgan fingerprint density at radius 1 is 1.02 bits per heavy atom. The Labute approximate surface area is 321 Å². The highest BCUT2D eigenvalue weighted by atomic mass is 19.1. The molecule has 53 heavy (non-hydrogen) atoms. The number of rotatable bonds is 15. The number of nitrogens with zero attached hydrogens (tertiary/aromatic N) is 6. The van der Waals surface area contributed by atoms with E-state index in [0.717, 1.165) is 66.7 Å². The summed E-state index contributed by atoms with van der Waals surface area (Å²) >= 11 is 0. The summed E-state index contributed by atoms with van der Waals surface area (Å²) in [6.07, 6.45) is 7.85. The maximum Gasteiger partial charge on any atom is 0.123 e. The molecule has 298 valence electrons. The van der Waals surface area contributed by atoms with Crippen molar-refractivity contribution >= 4 is 30.7 Å². The van der Waals surface area contributed by atoms with Gasteiger partial charge in [0, 0.05) is 64.5 Å². The van der Waals surface area contributed by atoms with Gasteiger partial charge in [-0.15, -0.1) is 0 Å². The van der Waals surface area contributed by atoms with Crippen LogP contribution in [0.1, 0.15) is 94.1 Å². The van der Waals surface area contributed by atoms with Crippen molar-refractivity contribution in [3.8, 4) is 0 Å². The number of amidine groups is 1. The van der Waals surface area contributed by atoms with Crippen LogP contribution >= 0.6 is 0 Å². The minimum Gasteiger partial charge on any atom is -0.393 e. The van der Waals surface area contributed by atoms with Gasteiger partial charge < -0.3 is 24.5 Å². The van der Waals surface area contributed by atoms with Gasteiger partial charge in [0.15, 0.2) is 0 Å². The number of piperazine rings is 1. The third kappa shape index (κ3) is 15.3. The van der Waals surface area contributed by atoms with Crippen molar-refractivity contribution < 1.29 is 19.1 Å². The second-order valence-electron chi connectivity index (χ2n) is 14.0. The van der Waals surface area contributed by atoms with Crippen LogP contribution in [0.2, 0.25) is 0 Å². The summed E-state index contributed by atoms with van der Waals surface area (Å²) in [6, 6.07) is 7.80. The van der Waals surface area contributed by atoms with Crippen molar-refractivity contribution in [2.75, 3.05) is 46.8 Å². The van der Waals surface area contributed by atoms with Gasteiger partial charge in [-0.3, -0.25) is 14.8 Å². The van der Waals surface area contributed by atoms with E-state index in [4.69, 9.17) is 19.6 Å². The van der Waals surface area contributed by atoms with E-state index in [-0.39, 0.29) is 17.8 Å². The van der Waals surface area contributed by atoms with Gasteiger partial charge in [-0.2, -0.15) is 0 Å². The lowest BCUT2D eigenvalue weighted by molar-refractivity contribution is -0.0987. The molecule has 2 aliphatic rings. The Hall–Kier alpha value is -3.73. The summed E-state index contributed by atoms with van der Waals surface area (Å²) in [5, 5.41) is 11.3. The number of aliphatic imine (C=N–C) groups is 2. The molecule has 0 aromatic heterocycles. The molecule has 2 heterocycles. The summed E-state index contributed by atoms with van der Waals surface area (Å²) in [5.74, 6) is 1.71. The molecule has 2 unspecified atom stereocenters. The van der Waals surface area contributed by atoms with E-state index in [2.05, 4.69) is 94.9 Å². The summed E-state index contributed by atoms with van der Waals surface area (Å²) in [6.45, 7) is 34.4. The van der Waals surface area contributed by atoms with E-state index in [9.17, 15) is 9.50 Å². The summed E-state index contributed by atoms with van der Waals surface area (Å²) in [7, 11) is 3.87. The molecule has 0 radical (unpaired) electrons. The number of aliphatic hydroxyl groups excluding tert-OH is 1. The first kappa shape index (κ1) is 49.3. The van der Waals surface area contributed by atoms with Crippen molar-refractivity contribution in [1.82, 2.24) is 19.6 Å². The lowest BCUT2D eigenvalue weighted by atomic mass is 9.91. The van der Waals surface area contributed by atoms with E-state index < -0.39 is 6.10 Å². The molecule has 0 spiro atoms. The summed E-state index contributed by atoms with van der Waals surface area (Å²) in [4.78, 5) is 35.4. The van der Waals surface area contributed by atoms with Crippen LogP contribution in [0.3, 0.4) is 0 Å². The van der Waals surface area contributed by atoms with Gasteiger partial charge in [0.2, 0.25) is 0 Å². The summed E-state index contributed by atoms with van der Waals surface area (Å²) < 4.78 is 13.7. The first-order chi connectivity index (χ1) is 25.2. The van der Waals surface area contributed by atoms with Crippen molar-refractivity contribution in [3.63, 3.8) is 0 Å². The molecule has 1 aromatic rings. The number of hydrogen-bond donors (Lipinski definition) is 1. The fourth-order valence-electron chi connectivity index (χ4n) is 6.39. The molecular weight excluding hydrogens is 668 g/mol. The Balaban J connectivity index is 0.00000428. The van der Waals surface area contributed by atoms with Crippen LogP contribution in [-0.4, -0.2) is 121 Å². The zero-order chi connectivity index (χ0) is 40.8. The van der Waals surface area contributed by atoms with Crippen LogP contribution in [0.5, 0.6) is 0 Å². The number of allylic oxidation sites excluding steroid dienone is 5. The lowest BCUT2D eigenvalue weighted by Crippen LogP contribution is -2.61. The van der Waals surface area contributed by atoms with Gasteiger partial charge in [-0.05, 0) is 89.1 Å². The molecule has 0 aliphatic carbocycles.